The molecule has 2 rings (SSSR count). The third kappa shape index (κ3) is 4.92. The fourth-order valence-electron chi connectivity index (χ4n) is 2.41. The van der Waals surface area contributed by atoms with Gasteiger partial charge in [0.15, 0.2) is 0 Å². The Kier molecular flexibility index (Phi) is 5.98. The van der Waals surface area contributed by atoms with Crippen molar-refractivity contribution < 1.29 is 4.79 Å². The number of carbonyl (C=O) groups is 1. The van der Waals surface area contributed by atoms with E-state index in [9.17, 15) is 4.79 Å². The number of nitrogens with one attached hydrogen (secondary N) is 1. The van der Waals surface area contributed by atoms with Gasteiger partial charge >= 0.3 is 0 Å². The van der Waals surface area contributed by atoms with Crippen LogP contribution in [0.2, 0.25) is 0 Å². The van der Waals surface area contributed by atoms with Crippen molar-refractivity contribution in [3.8, 4) is 0 Å². The Morgan fingerprint density at radius 2 is 1.75 bits per heavy atom. The Bertz CT molecular complexity index is 402. The molecule has 1 fully saturated rings. The zero-order valence-corrected chi connectivity index (χ0v) is 11.9. The van der Waals surface area contributed by atoms with Crippen molar-refractivity contribution in [2.24, 2.45) is 5.73 Å². The summed E-state index contributed by atoms with van der Waals surface area (Å²) in [4.78, 5) is 16.6. The van der Waals surface area contributed by atoms with Gasteiger partial charge in [0.2, 0.25) is 5.91 Å². The topological polar surface area (TPSA) is 61.6 Å². The third-order valence-electron chi connectivity index (χ3n) is 3.57. The average Bonchev–Trinajstić information content (AvgIpc) is 2.47. The Balaban J connectivity index is 1.68. The van der Waals surface area contributed by atoms with Crippen molar-refractivity contribution in [2.75, 3.05) is 51.1 Å². The summed E-state index contributed by atoms with van der Waals surface area (Å²) < 4.78 is 0. The van der Waals surface area contributed by atoms with Crippen molar-refractivity contribution in [2.45, 2.75) is 6.42 Å². The van der Waals surface area contributed by atoms with Crippen LogP contribution in [0.3, 0.4) is 0 Å². The molecule has 20 heavy (non-hydrogen) atoms. The van der Waals surface area contributed by atoms with E-state index < -0.39 is 0 Å². The molecule has 1 aromatic rings. The quantitative estimate of drug-likeness (QED) is 0.798. The number of para-hydroxylation sites is 1. The number of anilines is 1. The molecule has 0 saturated carbocycles. The fraction of sp³-hybridized carbons (Fsp3) is 0.533. The van der Waals surface area contributed by atoms with Gasteiger partial charge in [-0.25, -0.2) is 0 Å². The lowest BCUT2D eigenvalue weighted by Gasteiger charge is -2.34. The molecule has 1 heterocycles. The molecular weight excluding hydrogens is 252 g/mol. The number of rotatable bonds is 6. The van der Waals surface area contributed by atoms with Crippen LogP contribution in [-0.4, -0.2) is 61.5 Å². The van der Waals surface area contributed by atoms with Crippen LogP contribution in [0.25, 0.3) is 0 Å². The maximum absolute atomic E-state index is 12.0. The van der Waals surface area contributed by atoms with E-state index in [4.69, 9.17) is 5.73 Å². The molecule has 1 amide bonds. The number of nitrogens with two attached hydrogens (primary N) is 1. The molecule has 1 aromatic carbocycles. The summed E-state index contributed by atoms with van der Waals surface area (Å²) in [5.74, 6) is 0.0617. The first kappa shape index (κ1) is 15.0. The normalized spacial score (nSPS) is 17.1. The predicted molar refractivity (Wildman–Crippen MR) is 81.6 cm³/mol. The fourth-order valence-corrected chi connectivity index (χ4v) is 2.41. The predicted octanol–water partition coefficient (Wildman–Crippen LogP) is 0.592. The van der Waals surface area contributed by atoms with Crippen molar-refractivity contribution in [3.63, 3.8) is 0 Å². The van der Waals surface area contributed by atoms with Gasteiger partial charge < -0.3 is 16.0 Å². The number of nitrogens with zero attached hydrogens (tertiary/aromatic N) is 2. The summed E-state index contributed by atoms with van der Waals surface area (Å²) >= 11 is 0. The van der Waals surface area contributed by atoms with E-state index in [-0.39, 0.29) is 5.91 Å². The van der Waals surface area contributed by atoms with Crippen molar-refractivity contribution >= 4 is 11.6 Å². The lowest BCUT2D eigenvalue weighted by Crippen LogP contribution is -2.48. The Morgan fingerprint density at radius 3 is 2.40 bits per heavy atom. The molecule has 5 nitrogen and oxygen atoms in total. The molecule has 0 bridgehead atoms. The Hall–Kier alpha value is -1.43. The molecule has 0 atom stereocenters. The molecule has 0 aliphatic carbocycles. The van der Waals surface area contributed by atoms with Gasteiger partial charge in [-0.3, -0.25) is 9.69 Å². The molecule has 110 valence electrons. The summed E-state index contributed by atoms with van der Waals surface area (Å²) in [6.45, 7) is 6.25. The van der Waals surface area contributed by atoms with Crippen LogP contribution >= 0.6 is 0 Å². The van der Waals surface area contributed by atoms with Gasteiger partial charge in [0.25, 0.3) is 0 Å². The van der Waals surface area contributed by atoms with E-state index >= 15 is 0 Å². The molecular formula is C15H24N4O. The highest BCUT2D eigenvalue weighted by Crippen LogP contribution is 2.06. The number of hydrogen-bond acceptors (Lipinski definition) is 4. The molecule has 1 saturated heterocycles. The second-order valence-electron chi connectivity index (χ2n) is 5.17. The second-order valence-corrected chi connectivity index (χ2v) is 5.17. The molecule has 1 aliphatic heterocycles. The van der Waals surface area contributed by atoms with Crippen molar-refractivity contribution in [1.82, 2.24) is 9.80 Å². The summed E-state index contributed by atoms with van der Waals surface area (Å²) in [7, 11) is 0. The largest absolute Gasteiger partial charge is 0.330 e. The minimum absolute atomic E-state index is 0.0617. The van der Waals surface area contributed by atoms with Gasteiger partial charge in [-0.15, -0.1) is 0 Å². The van der Waals surface area contributed by atoms with Crippen LogP contribution in [-0.2, 0) is 4.79 Å². The number of carbonyl (C=O) groups excluding carboxylic acids is 1. The van der Waals surface area contributed by atoms with Gasteiger partial charge in [0, 0.05) is 31.9 Å². The maximum atomic E-state index is 12.0. The van der Waals surface area contributed by atoms with E-state index in [1.165, 1.54) is 0 Å². The number of hydrogen-bond donors (Lipinski definition) is 2. The van der Waals surface area contributed by atoms with E-state index in [1.54, 1.807) is 0 Å². The zero-order chi connectivity index (χ0) is 14.2. The van der Waals surface area contributed by atoms with Gasteiger partial charge in [-0.1, -0.05) is 18.2 Å². The minimum Gasteiger partial charge on any atom is -0.330 e. The number of piperazine rings is 1. The molecule has 3 N–H and O–H groups in total. The number of amides is 1. The standard InChI is InChI=1S/C15H24N4O/c16-7-4-8-18-9-11-19(12-10-18)13-15(20)17-14-5-2-1-3-6-14/h1-3,5-6H,4,7-13,16H2,(H,17,20). The van der Waals surface area contributed by atoms with Gasteiger partial charge in [0.1, 0.15) is 0 Å². The van der Waals surface area contributed by atoms with Gasteiger partial charge in [0.05, 0.1) is 6.54 Å². The van der Waals surface area contributed by atoms with Crippen molar-refractivity contribution in [1.29, 1.82) is 0 Å². The summed E-state index contributed by atoms with van der Waals surface area (Å²) in [6.07, 6.45) is 1.05. The smallest absolute Gasteiger partial charge is 0.238 e. The average molecular weight is 276 g/mol. The monoisotopic (exact) mass is 276 g/mol. The molecule has 0 unspecified atom stereocenters. The minimum atomic E-state index is 0.0617. The highest BCUT2D eigenvalue weighted by Gasteiger charge is 2.18. The first-order valence-electron chi connectivity index (χ1n) is 7.27. The second kappa shape index (κ2) is 7.99. The van der Waals surface area contributed by atoms with E-state index in [0.29, 0.717) is 6.54 Å². The summed E-state index contributed by atoms with van der Waals surface area (Å²) in [5, 5.41) is 2.92. The van der Waals surface area contributed by atoms with Crippen LogP contribution in [0.15, 0.2) is 30.3 Å². The molecule has 5 heteroatoms. The van der Waals surface area contributed by atoms with Crippen LogP contribution in [0.4, 0.5) is 5.69 Å². The van der Waals surface area contributed by atoms with Crippen molar-refractivity contribution in [3.05, 3.63) is 30.3 Å². The zero-order valence-electron chi connectivity index (χ0n) is 11.9. The highest BCUT2D eigenvalue weighted by molar-refractivity contribution is 5.92. The Morgan fingerprint density at radius 1 is 1.10 bits per heavy atom. The highest BCUT2D eigenvalue weighted by atomic mass is 16.2. The van der Waals surface area contributed by atoms with E-state index in [1.807, 2.05) is 30.3 Å². The SMILES string of the molecule is NCCCN1CCN(CC(=O)Nc2ccccc2)CC1. The molecule has 0 aromatic heterocycles. The van der Waals surface area contributed by atoms with Crippen LogP contribution in [0.5, 0.6) is 0 Å². The Labute approximate surface area is 120 Å². The first-order valence-corrected chi connectivity index (χ1v) is 7.27. The summed E-state index contributed by atoms with van der Waals surface area (Å²) in [5.41, 5.74) is 6.38. The first-order chi connectivity index (χ1) is 9.78. The van der Waals surface area contributed by atoms with Crippen LogP contribution < -0.4 is 11.1 Å². The maximum Gasteiger partial charge on any atom is 0.238 e. The van der Waals surface area contributed by atoms with E-state index in [2.05, 4.69) is 15.1 Å². The van der Waals surface area contributed by atoms with Gasteiger partial charge in [-0.2, -0.15) is 0 Å². The van der Waals surface area contributed by atoms with E-state index in [0.717, 1.165) is 51.4 Å². The number of benzene rings is 1. The van der Waals surface area contributed by atoms with Gasteiger partial charge in [-0.05, 0) is 31.6 Å². The molecule has 1 aliphatic rings. The molecule has 0 spiro atoms. The lowest BCUT2D eigenvalue weighted by molar-refractivity contribution is -0.117. The van der Waals surface area contributed by atoms with Crippen LogP contribution in [0.1, 0.15) is 6.42 Å². The lowest BCUT2D eigenvalue weighted by atomic mass is 10.2. The third-order valence-corrected chi connectivity index (χ3v) is 3.57. The molecule has 0 radical (unpaired) electrons. The summed E-state index contributed by atoms with van der Waals surface area (Å²) in [6, 6.07) is 9.60. The van der Waals surface area contributed by atoms with Crippen LogP contribution in [0, 0.1) is 0 Å².